The van der Waals surface area contributed by atoms with Gasteiger partial charge in [-0.15, -0.1) is 0 Å². The highest BCUT2D eigenvalue weighted by Gasteiger charge is 2.10. The molecule has 0 aliphatic carbocycles. The number of hydrogen-bond donors (Lipinski definition) is 1. The molecule has 0 saturated carbocycles. The Kier molecular flexibility index (Phi) is 5.67. The monoisotopic (exact) mass is 227 g/mol. The lowest BCUT2D eigenvalue weighted by Crippen LogP contribution is -2.14. The lowest BCUT2D eigenvalue weighted by molar-refractivity contribution is -0.208. The Labute approximate surface area is 81.9 Å². The average molecular weight is 227 g/mol. The van der Waals surface area contributed by atoms with Gasteiger partial charge in [0.05, 0.1) is 6.10 Å². The van der Waals surface area contributed by atoms with Crippen LogP contribution in [0.25, 0.3) is 0 Å². The van der Waals surface area contributed by atoms with Crippen molar-refractivity contribution in [3.05, 3.63) is 0 Å². The second kappa shape index (κ2) is 5.67. The van der Waals surface area contributed by atoms with E-state index in [9.17, 15) is 9.69 Å². The molecule has 0 aromatic carbocycles. The molecule has 1 N–H and O–H groups in total. The molecule has 0 amide bonds. The van der Waals surface area contributed by atoms with E-state index in [4.69, 9.17) is 9.63 Å². The van der Waals surface area contributed by atoms with Crippen molar-refractivity contribution in [1.29, 1.82) is 0 Å². The van der Waals surface area contributed by atoms with Gasteiger partial charge in [-0.1, -0.05) is 11.8 Å². The van der Waals surface area contributed by atoms with Crippen LogP contribution < -0.4 is 4.89 Å². The van der Waals surface area contributed by atoms with Crippen LogP contribution in [0.3, 0.4) is 0 Å². The van der Waals surface area contributed by atoms with Crippen LogP contribution in [0.5, 0.6) is 0 Å². The van der Waals surface area contributed by atoms with E-state index in [1.807, 2.05) is 0 Å². The number of rotatable bonds is 6. The van der Waals surface area contributed by atoms with Gasteiger partial charge in [-0.25, -0.2) is 0 Å². The molecule has 0 aliphatic heterocycles. The molecular formula is C6H12O5PS-. The molecule has 7 heteroatoms. The Morgan fingerprint density at radius 3 is 2.69 bits per heavy atom. The van der Waals surface area contributed by atoms with E-state index < -0.39 is 18.8 Å². The smallest absolute Gasteiger partial charge is 0.303 e. The second-order valence-corrected chi connectivity index (χ2v) is 5.29. The van der Waals surface area contributed by atoms with Crippen LogP contribution in [0.4, 0.5) is 0 Å². The van der Waals surface area contributed by atoms with E-state index in [1.165, 1.54) is 7.11 Å². The van der Waals surface area contributed by atoms with Gasteiger partial charge in [0.25, 0.3) is 0 Å². The summed E-state index contributed by atoms with van der Waals surface area (Å²) in [4.78, 5) is 21.2. The van der Waals surface area contributed by atoms with E-state index in [-0.39, 0.29) is 12.8 Å². The molecule has 13 heavy (non-hydrogen) atoms. The zero-order valence-corrected chi connectivity index (χ0v) is 9.14. The zero-order valence-electron chi connectivity index (χ0n) is 7.43. The van der Waals surface area contributed by atoms with Crippen molar-refractivity contribution in [1.82, 2.24) is 0 Å². The Hall–Kier alpha value is 0. The van der Waals surface area contributed by atoms with Crippen molar-refractivity contribution < 1.29 is 23.8 Å². The molecule has 5 nitrogen and oxygen atoms in total. The largest absolute Gasteiger partial charge is 0.780 e. The summed E-state index contributed by atoms with van der Waals surface area (Å²) < 4.78 is 9.24. The fourth-order valence-electron chi connectivity index (χ4n) is 0.643. The molecule has 0 fully saturated rings. The molecule has 0 aromatic rings. The molecule has 0 bridgehead atoms. The highest BCUT2D eigenvalue weighted by Crippen LogP contribution is 2.39. The van der Waals surface area contributed by atoms with Gasteiger partial charge in [0.15, 0.2) is 0 Å². The molecule has 0 aliphatic rings. The fraction of sp³-hybridized carbons (Fsp3) is 0.833. The summed E-state index contributed by atoms with van der Waals surface area (Å²) in [5, 5.41) is 8.34. The predicted molar refractivity (Wildman–Crippen MR) is 48.7 cm³/mol. The summed E-state index contributed by atoms with van der Waals surface area (Å²) in [7, 11) is 1.19. The van der Waals surface area contributed by atoms with Crippen LogP contribution in [0, 0.1) is 0 Å². The van der Waals surface area contributed by atoms with Crippen LogP contribution >= 0.6 is 6.72 Å². The first-order valence-corrected chi connectivity index (χ1v) is 6.20. The summed E-state index contributed by atoms with van der Waals surface area (Å²) in [6.45, 7) is -1.80. The summed E-state index contributed by atoms with van der Waals surface area (Å²) >= 11 is 4.46. The van der Waals surface area contributed by atoms with Crippen molar-refractivity contribution >= 4 is 24.5 Å². The Morgan fingerprint density at radius 2 is 2.31 bits per heavy atom. The molecule has 2 atom stereocenters. The van der Waals surface area contributed by atoms with Crippen molar-refractivity contribution in [3.63, 3.8) is 0 Å². The minimum Gasteiger partial charge on any atom is -0.780 e. The van der Waals surface area contributed by atoms with Crippen LogP contribution in [-0.2, 0) is 25.6 Å². The highest BCUT2D eigenvalue weighted by molar-refractivity contribution is 8.06. The summed E-state index contributed by atoms with van der Waals surface area (Å²) in [6, 6.07) is 0. The molecule has 0 heterocycles. The van der Waals surface area contributed by atoms with E-state index in [2.05, 4.69) is 16.3 Å². The van der Waals surface area contributed by atoms with Gasteiger partial charge in [-0.3, -0.25) is 4.79 Å². The lowest BCUT2D eigenvalue weighted by atomic mass is 10.2. The number of carboxylic acid groups (broad SMARTS) is 1. The summed E-state index contributed by atoms with van der Waals surface area (Å²) in [5.74, 6) is -0.924. The summed E-state index contributed by atoms with van der Waals surface area (Å²) in [6.07, 6.45) is -0.251. The van der Waals surface area contributed by atoms with Gasteiger partial charge in [-0.2, -0.15) is 0 Å². The molecule has 0 radical (unpaired) electrons. The predicted octanol–water partition coefficient (Wildman–Crippen LogP) is 0.487. The molecule has 0 saturated heterocycles. The van der Waals surface area contributed by atoms with Crippen molar-refractivity contribution in [2.24, 2.45) is 0 Å². The van der Waals surface area contributed by atoms with Gasteiger partial charge in [-0.05, 0) is 13.3 Å². The third-order valence-electron chi connectivity index (χ3n) is 1.30. The van der Waals surface area contributed by atoms with Gasteiger partial charge in [0.1, 0.15) is 6.72 Å². The van der Waals surface area contributed by atoms with Crippen LogP contribution in [-0.4, -0.2) is 24.3 Å². The van der Waals surface area contributed by atoms with E-state index >= 15 is 0 Å². The van der Waals surface area contributed by atoms with Crippen LogP contribution in [0.1, 0.15) is 19.8 Å². The Morgan fingerprint density at radius 1 is 1.77 bits per heavy atom. The van der Waals surface area contributed by atoms with E-state index in [1.54, 1.807) is 6.92 Å². The van der Waals surface area contributed by atoms with Crippen LogP contribution in [0.15, 0.2) is 0 Å². The quantitative estimate of drug-likeness (QED) is 0.665. The first-order chi connectivity index (χ1) is 5.87. The highest BCUT2D eigenvalue weighted by atomic mass is 32.5. The SMILES string of the molecule is COP([O-])(=S)OC(C)CCC(=O)O. The van der Waals surface area contributed by atoms with Crippen molar-refractivity contribution in [3.8, 4) is 0 Å². The van der Waals surface area contributed by atoms with Crippen molar-refractivity contribution in [2.45, 2.75) is 25.9 Å². The maximum atomic E-state index is 11.1. The molecule has 0 aromatic heterocycles. The zero-order chi connectivity index (χ0) is 10.5. The minimum absolute atomic E-state index is 0.0415. The number of carboxylic acids is 1. The molecular weight excluding hydrogens is 215 g/mol. The first kappa shape index (κ1) is 13.0. The van der Waals surface area contributed by atoms with Gasteiger partial charge >= 0.3 is 5.97 Å². The fourth-order valence-corrected chi connectivity index (χ4v) is 1.72. The maximum absolute atomic E-state index is 11.1. The molecule has 2 unspecified atom stereocenters. The van der Waals surface area contributed by atoms with Gasteiger partial charge < -0.3 is 19.0 Å². The third kappa shape index (κ3) is 7.10. The Balaban J connectivity index is 3.80. The Bertz CT molecular complexity index is 219. The topological polar surface area (TPSA) is 78.8 Å². The first-order valence-electron chi connectivity index (χ1n) is 3.64. The standard InChI is InChI=1S/C6H13O5PS/c1-5(3-4-6(7)8)11-12(9,13)10-2/h5H,3-4H2,1-2H3,(H,7,8)(H,9,13)/p-1. The number of hydrogen-bond acceptors (Lipinski definition) is 5. The van der Waals surface area contributed by atoms with Crippen molar-refractivity contribution in [2.75, 3.05) is 7.11 Å². The molecule has 0 spiro atoms. The van der Waals surface area contributed by atoms with E-state index in [0.29, 0.717) is 0 Å². The lowest BCUT2D eigenvalue weighted by Gasteiger charge is -2.28. The third-order valence-corrected chi connectivity index (χ3v) is 3.07. The molecule has 0 rings (SSSR count). The van der Waals surface area contributed by atoms with E-state index in [0.717, 1.165) is 0 Å². The summed E-state index contributed by atoms with van der Waals surface area (Å²) in [5.41, 5.74) is 0. The second-order valence-electron chi connectivity index (χ2n) is 2.48. The van der Waals surface area contributed by atoms with Gasteiger partial charge in [0, 0.05) is 13.5 Å². The number of carbonyl (C=O) groups is 1. The average Bonchev–Trinajstić information content (AvgIpc) is 2.00. The number of aliphatic carboxylic acids is 1. The van der Waals surface area contributed by atoms with Crippen LogP contribution in [0.2, 0.25) is 0 Å². The molecule has 78 valence electrons. The minimum atomic E-state index is -3.40. The normalized spacial score (nSPS) is 17.8. The maximum Gasteiger partial charge on any atom is 0.303 e. The van der Waals surface area contributed by atoms with Gasteiger partial charge in [0.2, 0.25) is 0 Å².